The van der Waals surface area contributed by atoms with Gasteiger partial charge in [-0.1, -0.05) is 19.3 Å². The van der Waals surface area contributed by atoms with Crippen LogP contribution in [0.2, 0.25) is 0 Å². The largest absolute Gasteiger partial charge is 0.493 e. The van der Waals surface area contributed by atoms with Gasteiger partial charge in [0, 0.05) is 5.92 Å². The fraction of sp³-hybridized carbons (Fsp3) is 0.471. The summed E-state index contributed by atoms with van der Waals surface area (Å²) in [5, 5.41) is 11.8. The van der Waals surface area contributed by atoms with Gasteiger partial charge in [-0.05, 0) is 48.8 Å². The third-order valence-electron chi connectivity index (χ3n) is 4.38. The van der Waals surface area contributed by atoms with Crippen molar-refractivity contribution in [3.8, 4) is 11.5 Å². The molecule has 1 N–H and O–H groups in total. The molecule has 1 saturated carbocycles. The molecule has 1 fully saturated rings. The van der Waals surface area contributed by atoms with E-state index in [9.17, 15) is 0 Å². The summed E-state index contributed by atoms with van der Waals surface area (Å²) in [6, 6.07) is 5.66. The highest BCUT2D eigenvalue weighted by Gasteiger charge is 2.21. The fourth-order valence-electron chi connectivity index (χ4n) is 3.10. The van der Waals surface area contributed by atoms with E-state index in [4.69, 9.17) is 21.7 Å². The summed E-state index contributed by atoms with van der Waals surface area (Å²) in [5.74, 6) is 2.72. The predicted molar refractivity (Wildman–Crippen MR) is 95.8 cm³/mol. The van der Waals surface area contributed by atoms with Crippen LogP contribution in [0.25, 0.3) is 0 Å². The molecule has 0 unspecified atom stereocenters. The average molecular weight is 346 g/mol. The molecule has 3 rings (SSSR count). The molecule has 1 aliphatic carbocycles. The first-order valence-corrected chi connectivity index (χ1v) is 8.57. The number of nitrogens with zero attached hydrogens (tertiary/aromatic N) is 3. The lowest BCUT2D eigenvalue weighted by atomic mass is 9.89. The summed E-state index contributed by atoms with van der Waals surface area (Å²) >= 11 is 5.33. The van der Waals surface area contributed by atoms with Gasteiger partial charge in [0.25, 0.3) is 0 Å². The van der Waals surface area contributed by atoms with E-state index in [-0.39, 0.29) is 0 Å². The van der Waals surface area contributed by atoms with Gasteiger partial charge in [-0.15, -0.1) is 0 Å². The van der Waals surface area contributed by atoms with Gasteiger partial charge in [0.2, 0.25) is 4.77 Å². The van der Waals surface area contributed by atoms with Gasteiger partial charge < -0.3 is 9.47 Å². The van der Waals surface area contributed by atoms with Crippen molar-refractivity contribution >= 4 is 18.4 Å². The molecule has 0 bridgehead atoms. The minimum Gasteiger partial charge on any atom is -0.493 e. The van der Waals surface area contributed by atoms with Gasteiger partial charge >= 0.3 is 0 Å². The quantitative estimate of drug-likeness (QED) is 0.659. The second kappa shape index (κ2) is 7.61. The van der Waals surface area contributed by atoms with Crippen molar-refractivity contribution in [3.05, 3.63) is 34.4 Å². The standard InChI is InChI=1S/C17H22N4O2S/c1-22-14-9-8-12(10-15(14)23-2)11-18-21-16(19-20-17(21)24)13-6-4-3-5-7-13/h8-11,13H,3-7H2,1-2H3,(H,20,24). The van der Waals surface area contributed by atoms with Crippen LogP contribution in [0.4, 0.5) is 0 Å². The van der Waals surface area contributed by atoms with Crippen molar-refractivity contribution in [1.29, 1.82) is 0 Å². The average Bonchev–Trinajstić information content (AvgIpc) is 3.01. The maximum absolute atomic E-state index is 5.33. The molecule has 128 valence electrons. The third-order valence-corrected chi connectivity index (χ3v) is 4.64. The zero-order valence-electron chi connectivity index (χ0n) is 14.0. The molecule has 0 spiro atoms. The van der Waals surface area contributed by atoms with Gasteiger partial charge in [0.1, 0.15) is 0 Å². The van der Waals surface area contributed by atoms with E-state index >= 15 is 0 Å². The third kappa shape index (κ3) is 3.51. The molecule has 0 saturated heterocycles. The number of hydrogen-bond acceptors (Lipinski definition) is 5. The Morgan fingerprint density at radius 2 is 1.96 bits per heavy atom. The zero-order chi connectivity index (χ0) is 16.9. The van der Waals surface area contributed by atoms with Crippen LogP contribution in [-0.4, -0.2) is 35.3 Å². The van der Waals surface area contributed by atoms with Crippen LogP contribution in [-0.2, 0) is 0 Å². The van der Waals surface area contributed by atoms with Crippen molar-refractivity contribution in [1.82, 2.24) is 14.9 Å². The molecule has 1 aromatic heterocycles. The van der Waals surface area contributed by atoms with Crippen molar-refractivity contribution in [3.63, 3.8) is 0 Å². The Hall–Kier alpha value is -2.15. The number of nitrogens with one attached hydrogen (secondary N) is 1. The Morgan fingerprint density at radius 1 is 1.21 bits per heavy atom. The Bertz CT molecular complexity index is 775. The highest BCUT2D eigenvalue weighted by atomic mass is 32.1. The molecule has 0 aliphatic heterocycles. The van der Waals surface area contributed by atoms with E-state index in [1.807, 2.05) is 18.2 Å². The van der Waals surface area contributed by atoms with Crippen LogP contribution < -0.4 is 9.47 Å². The first kappa shape index (κ1) is 16.7. The molecule has 24 heavy (non-hydrogen) atoms. The van der Waals surface area contributed by atoms with Crippen LogP contribution in [0.15, 0.2) is 23.3 Å². The van der Waals surface area contributed by atoms with E-state index in [0.717, 1.165) is 24.2 Å². The molecule has 7 heteroatoms. The monoisotopic (exact) mass is 346 g/mol. The van der Waals surface area contributed by atoms with Crippen molar-refractivity contribution in [2.24, 2.45) is 5.10 Å². The summed E-state index contributed by atoms with van der Waals surface area (Å²) in [4.78, 5) is 0. The molecule has 1 heterocycles. The fourth-order valence-corrected chi connectivity index (χ4v) is 3.28. The molecular formula is C17H22N4O2S. The number of aromatic amines is 1. The van der Waals surface area contributed by atoms with Crippen molar-refractivity contribution in [2.75, 3.05) is 14.2 Å². The lowest BCUT2D eigenvalue weighted by Crippen LogP contribution is -2.10. The molecule has 0 atom stereocenters. The smallest absolute Gasteiger partial charge is 0.216 e. The maximum Gasteiger partial charge on any atom is 0.216 e. The number of ether oxygens (including phenoxy) is 2. The van der Waals surface area contributed by atoms with Crippen LogP contribution in [0, 0.1) is 4.77 Å². The van der Waals surface area contributed by atoms with Gasteiger partial charge in [0.15, 0.2) is 17.3 Å². The lowest BCUT2D eigenvalue weighted by Gasteiger charge is -2.19. The van der Waals surface area contributed by atoms with Gasteiger partial charge in [0.05, 0.1) is 20.4 Å². The number of rotatable bonds is 5. The predicted octanol–water partition coefficient (Wildman–Crippen LogP) is 3.89. The summed E-state index contributed by atoms with van der Waals surface area (Å²) in [6.45, 7) is 0. The number of methoxy groups -OCH3 is 2. The van der Waals surface area contributed by atoms with Crippen LogP contribution >= 0.6 is 12.2 Å². The SMILES string of the molecule is COc1ccc(C=Nn2c(C3CCCCC3)n[nH]c2=S)cc1OC. The van der Waals surface area contributed by atoms with Crippen molar-refractivity contribution in [2.45, 2.75) is 38.0 Å². The number of aromatic nitrogens is 3. The topological polar surface area (TPSA) is 64.4 Å². The molecule has 2 aromatic rings. The van der Waals surface area contributed by atoms with E-state index in [0.29, 0.717) is 22.2 Å². The Morgan fingerprint density at radius 3 is 2.67 bits per heavy atom. The minimum absolute atomic E-state index is 0.425. The molecule has 0 radical (unpaired) electrons. The van der Waals surface area contributed by atoms with E-state index < -0.39 is 0 Å². The minimum atomic E-state index is 0.425. The van der Waals surface area contributed by atoms with E-state index in [2.05, 4.69) is 15.3 Å². The second-order valence-electron chi connectivity index (χ2n) is 5.89. The Kier molecular flexibility index (Phi) is 5.30. The van der Waals surface area contributed by atoms with Gasteiger partial charge in [-0.25, -0.2) is 0 Å². The summed E-state index contributed by atoms with van der Waals surface area (Å²) in [5.41, 5.74) is 0.908. The molecule has 0 amide bonds. The zero-order valence-corrected chi connectivity index (χ0v) is 14.8. The molecule has 1 aromatic carbocycles. The number of hydrogen-bond donors (Lipinski definition) is 1. The summed E-state index contributed by atoms with van der Waals surface area (Å²) < 4.78 is 12.8. The van der Waals surface area contributed by atoms with Gasteiger partial charge in [-0.2, -0.15) is 14.9 Å². The van der Waals surface area contributed by atoms with Gasteiger partial charge in [-0.3, -0.25) is 5.10 Å². The first-order valence-electron chi connectivity index (χ1n) is 8.16. The molecule has 6 nitrogen and oxygen atoms in total. The van der Waals surface area contributed by atoms with E-state index in [1.165, 1.54) is 19.3 Å². The van der Waals surface area contributed by atoms with Crippen LogP contribution in [0.3, 0.4) is 0 Å². The second-order valence-corrected chi connectivity index (χ2v) is 6.28. The summed E-state index contributed by atoms with van der Waals surface area (Å²) in [6.07, 6.45) is 7.83. The van der Waals surface area contributed by atoms with Crippen molar-refractivity contribution < 1.29 is 9.47 Å². The summed E-state index contributed by atoms with van der Waals surface area (Å²) in [7, 11) is 3.24. The van der Waals surface area contributed by atoms with E-state index in [1.54, 1.807) is 25.1 Å². The maximum atomic E-state index is 5.33. The number of benzene rings is 1. The molecular weight excluding hydrogens is 324 g/mol. The van der Waals surface area contributed by atoms with Crippen LogP contribution in [0.1, 0.15) is 49.4 Å². The first-order chi connectivity index (χ1) is 11.7. The highest BCUT2D eigenvalue weighted by molar-refractivity contribution is 7.71. The number of H-pyrrole nitrogens is 1. The Balaban J connectivity index is 1.87. The normalized spacial score (nSPS) is 15.8. The Labute approximate surface area is 146 Å². The highest BCUT2D eigenvalue weighted by Crippen LogP contribution is 2.31. The van der Waals surface area contributed by atoms with Crippen LogP contribution in [0.5, 0.6) is 11.5 Å². The lowest BCUT2D eigenvalue weighted by molar-refractivity contribution is 0.355. The molecule has 1 aliphatic rings.